The quantitative estimate of drug-likeness (QED) is 0.703. The number of nitrogens with zero attached hydrogens (tertiary/aromatic N) is 5. The molecule has 1 saturated heterocycles. The summed E-state index contributed by atoms with van der Waals surface area (Å²) in [5.41, 5.74) is 0.872. The fourth-order valence-corrected chi connectivity index (χ4v) is 2.46. The van der Waals surface area contributed by atoms with Crippen LogP contribution in [-0.2, 0) is 17.6 Å². The lowest BCUT2D eigenvalue weighted by Gasteiger charge is -1.97. The van der Waals surface area contributed by atoms with Crippen molar-refractivity contribution in [1.29, 1.82) is 0 Å². The summed E-state index contributed by atoms with van der Waals surface area (Å²) in [4.78, 5) is 12.7. The Morgan fingerprint density at radius 1 is 1.00 bits per heavy atom. The SMILES string of the molecule is c1cc(-c2noc(CCc3nc([C@H]4CCOC4)no3)n2)ccn1. The van der Waals surface area contributed by atoms with Gasteiger partial charge in [0.25, 0.3) is 0 Å². The van der Waals surface area contributed by atoms with E-state index in [0.717, 1.165) is 24.4 Å². The van der Waals surface area contributed by atoms with Crippen LogP contribution in [0.15, 0.2) is 33.6 Å². The first-order valence-corrected chi connectivity index (χ1v) is 7.52. The fourth-order valence-electron chi connectivity index (χ4n) is 2.46. The molecule has 118 valence electrons. The molecule has 0 radical (unpaired) electrons. The second-order valence-corrected chi connectivity index (χ2v) is 5.35. The van der Waals surface area contributed by atoms with Gasteiger partial charge in [-0.3, -0.25) is 4.98 Å². The van der Waals surface area contributed by atoms with Gasteiger partial charge in [-0.15, -0.1) is 0 Å². The Hall–Kier alpha value is -2.61. The van der Waals surface area contributed by atoms with E-state index in [9.17, 15) is 0 Å². The summed E-state index contributed by atoms with van der Waals surface area (Å²) in [6.07, 6.45) is 5.45. The zero-order chi connectivity index (χ0) is 15.5. The molecule has 0 saturated carbocycles. The summed E-state index contributed by atoms with van der Waals surface area (Å²) >= 11 is 0. The molecule has 1 atom stereocenters. The minimum absolute atomic E-state index is 0.245. The predicted molar refractivity (Wildman–Crippen MR) is 77.4 cm³/mol. The zero-order valence-corrected chi connectivity index (χ0v) is 12.4. The van der Waals surface area contributed by atoms with Gasteiger partial charge in [-0.25, -0.2) is 0 Å². The molecule has 0 amide bonds. The van der Waals surface area contributed by atoms with Gasteiger partial charge in [0, 0.05) is 43.3 Å². The van der Waals surface area contributed by atoms with Crippen LogP contribution in [0.3, 0.4) is 0 Å². The summed E-state index contributed by atoms with van der Waals surface area (Å²) in [6, 6.07) is 3.67. The summed E-state index contributed by atoms with van der Waals surface area (Å²) in [7, 11) is 0. The van der Waals surface area contributed by atoms with E-state index in [1.54, 1.807) is 12.4 Å². The molecule has 8 nitrogen and oxygen atoms in total. The highest BCUT2D eigenvalue weighted by molar-refractivity contribution is 5.52. The van der Waals surface area contributed by atoms with Gasteiger partial charge in [0.05, 0.1) is 6.61 Å². The molecule has 0 N–H and O–H groups in total. The van der Waals surface area contributed by atoms with Crippen LogP contribution in [0.5, 0.6) is 0 Å². The average molecular weight is 313 g/mol. The molecule has 23 heavy (non-hydrogen) atoms. The van der Waals surface area contributed by atoms with Crippen LogP contribution >= 0.6 is 0 Å². The first-order chi connectivity index (χ1) is 11.4. The molecule has 0 bridgehead atoms. The number of hydrogen-bond donors (Lipinski definition) is 0. The number of rotatable bonds is 5. The van der Waals surface area contributed by atoms with Gasteiger partial charge < -0.3 is 13.8 Å². The van der Waals surface area contributed by atoms with E-state index < -0.39 is 0 Å². The van der Waals surface area contributed by atoms with Gasteiger partial charge in [0.1, 0.15) is 0 Å². The van der Waals surface area contributed by atoms with E-state index in [-0.39, 0.29) is 5.92 Å². The highest BCUT2D eigenvalue weighted by Gasteiger charge is 2.23. The third kappa shape index (κ3) is 3.11. The van der Waals surface area contributed by atoms with Crippen LogP contribution in [0.25, 0.3) is 11.4 Å². The molecule has 8 heteroatoms. The maximum atomic E-state index is 5.34. The predicted octanol–water partition coefficient (Wildman–Crippen LogP) is 1.80. The fraction of sp³-hybridized carbons (Fsp3) is 0.400. The van der Waals surface area contributed by atoms with Crippen molar-refractivity contribution >= 4 is 0 Å². The van der Waals surface area contributed by atoms with Gasteiger partial charge >= 0.3 is 0 Å². The van der Waals surface area contributed by atoms with Crippen LogP contribution in [0.1, 0.15) is 29.9 Å². The molecule has 0 aliphatic carbocycles. The Labute approximate surface area is 131 Å². The van der Waals surface area contributed by atoms with Crippen LogP contribution in [0.2, 0.25) is 0 Å². The van der Waals surface area contributed by atoms with E-state index >= 15 is 0 Å². The molecule has 1 aliphatic heterocycles. The third-order valence-corrected chi connectivity index (χ3v) is 3.74. The number of aryl methyl sites for hydroxylation is 2. The van der Waals surface area contributed by atoms with Crippen LogP contribution in [0.4, 0.5) is 0 Å². The second-order valence-electron chi connectivity index (χ2n) is 5.35. The molecule has 0 spiro atoms. The van der Waals surface area contributed by atoms with E-state index in [1.807, 2.05) is 12.1 Å². The maximum absolute atomic E-state index is 5.34. The summed E-state index contributed by atoms with van der Waals surface area (Å²) in [5, 5.41) is 7.99. The second kappa shape index (κ2) is 6.25. The van der Waals surface area contributed by atoms with Gasteiger partial charge in [-0.05, 0) is 18.6 Å². The Morgan fingerprint density at radius 3 is 2.57 bits per heavy atom. The highest BCUT2D eigenvalue weighted by Crippen LogP contribution is 2.22. The Bertz CT molecular complexity index is 764. The van der Waals surface area contributed by atoms with E-state index in [4.69, 9.17) is 13.8 Å². The van der Waals surface area contributed by atoms with Crippen molar-refractivity contribution in [2.45, 2.75) is 25.2 Å². The molecule has 0 unspecified atom stereocenters. The molecule has 0 aromatic carbocycles. The molecule has 3 aromatic heterocycles. The minimum atomic E-state index is 0.245. The Kier molecular flexibility index (Phi) is 3.81. The molecule has 3 aromatic rings. The summed E-state index contributed by atoms with van der Waals surface area (Å²) < 4.78 is 15.9. The average Bonchev–Trinajstić information content (AvgIpc) is 3.33. The molecule has 4 rings (SSSR count). The van der Waals surface area contributed by atoms with Crippen molar-refractivity contribution in [1.82, 2.24) is 25.3 Å². The number of pyridine rings is 1. The van der Waals surface area contributed by atoms with E-state index in [0.29, 0.717) is 37.1 Å². The first-order valence-electron chi connectivity index (χ1n) is 7.52. The van der Waals surface area contributed by atoms with Crippen molar-refractivity contribution in [3.63, 3.8) is 0 Å². The van der Waals surface area contributed by atoms with Crippen molar-refractivity contribution < 1.29 is 13.8 Å². The van der Waals surface area contributed by atoms with Gasteiger partial charge in [-0.1, -0.05) is 10.3 Å². The van der Waals surface area contributed by atoms with Crippen LogP contribution in [-0.4, -0.2) is 38.5 Å². The number of ether oxygens (including phenoxy) is 1. The highest BCUT2D eigenvalue weighted by atomic mass is 16.5. The lowest BCUT2D eigenvalue weighted by atomic mass is 10.1. The standard InChI is InChI=1S/C15H15N5O3/c1(2-13-18-15(20-23-13)11-5-8-21-9-11)12-17-14(19-22-12)10-3-6-16-7-4-10/h3-4,6-7,11H,1-2,5,8-9H2/t11-/m0/s1. The lowest BCUT2D eigenvalue weighted by molar-refractivity contribution is 0.192. The Balaban J connectivity index is 1.39. The van der Waals surface area contributed by atoms with Crippen molar-refractivity contribution in [2.75, 3.05) is 13.2 Å². The smallest absolute Gasteiger partial charge is 0.227 e. The van der Waals surface area contributed by atoms with Crippen molar-refractivity contribution in [3.8, 4) is 11.4 Å². The van der Waals surface area contributed by atoms with Crippen LogP contribution in [0, 0.1) is 0 Å². The number of aromatic nitrogens is 5. The van der Waals surface area contributed by atoms with Crippen molar-refractivity contribution in [2.24, 2.45) is 0 Å². The molecule has 4 heterocycles. The van der Waals surface area contributed by atoms with Crippen molar-refractivity contribution in [3.05, 3.63) is 42.1 Å². The van der Waals surface area contributed by atoms with Gasteiger partial charge in [-0.2, -0.15) is 9.97 Å². The van der Waals surface area contributed by atoms with E-state index in [1.165, 1.54) is 0 Å². The first kappa shape index (κ1) is 14.0. The third-order valence-electron chi connectivity index (χ3n) is 3.74. The molecule has 1 fully saturated rings. The number of hydrogen-bond acceptors (Lipinski definition) is 8. The minimum Gasteiger partial charge on any atom is -0.381 e. The van der Waals surface area contributed by atoms with Crippen LogP contribution < -0.4 is 0 Å². The van der Waals surface area contributed by atoms with Gasteiger partial charge in [0.2, 0.25) is 17.6 Å². The lowest BCUT2D eigenvalue weighted by Crippen LogP contribution is -2.00. The zero-order valence-electron chi connectivity index (χ0n) is 12.4. The molecule has 1 aliphatic rings. The molecular formula is C15H15N5O3. The Morgan fingerprint density at radius 2 is 1.78 bits per heavy atom. The molecular weight excluding hydrogens is 298 g/mol. The van der Waals surface area contributed by atoms with Gasteiger partial charge in [0.15, 0.2) is 5.82 Å². The summed E-state index contributed by atoms with van der Waals surface area (Å²) in [5.74, 6) is 2.64. The monoisotopic (exact) mass is 313 g/mol. The topological polar surface area (TPSA) is 100.0 Å². The van der Waals surface area contributed by atoms with E-state index in [2.05, 4.69) is 25.3 Å². The largest absolute Gasteiger partial charge is 0.381 e. The maximum Gasteiger partial charge on any atom is 0.227 e. The summed E-state index contributed by atoms with van der Waals surface area (Å²) in [6.45, 7) is 1.42. The normalized spacial score (nSPS) is 17.7.